The maximum atomic E-state index is 5.52. The highest BCUT2D eigenvalue weighted by Crippen LogP contribution is 2.36. The zero-order valence-corrected chi connectivity index (χ0v) is 17.3. The van der Waals surface area contributed by atoms with Gasteiger partial charge in [-0.3, -0.25) is 10.00 Å². The molecule has 29 heavy (non-hydrogen) atoms. The van der Waals surface area contributed by atoms with Crippen LogP contribution in [0.25, 0.3) is 11.3 Å². The van der Waals surface area contributed by atoms with E-state index in [2.05, 4.69) is 33.2 Å². The monoisotopic (exact) mass is 396 g/mol. The third-order valence-corrected chi connectivity index (χ3v) is 5.54. The van der Waals surface area contributed by atoms with E-state index in [-0.39, 0.29) is 6.04 Å². The molecule has 1 fully saturated rings. The van der Waals surface area contributed by atoms with E-state index < -0.39 is 0 Å². The molecule has 0 amide bonds. The van der Waals surface area contributed by atoms with E-state index in [0.717, 1.165) is 67.0 Å². The van der Waals surface area contributed by atoms with E-state index >= 15 is 0 Å². The number of likely N-dealkylation sites (tertiary alicyclic amines) is 1. The molecule has 7 nitrogen and oxygen atoms in total. The fourth-order valence-electron chi connectivity index (χ4n) is 4.09. The molecule has 1 N–H and O–H groups in total. The summed E-state index contributed by atoms with van der Waals surface area (Å²) in [7, 11) is 3.29. The van der Waals surface area contributed by atoms with Gasteiger partial charge in [-0.1, -0.05) is 12.1 Å². The molecule has 3 aromatic rings. The van der Waals surface area contributed by atoms with Gasteiger partial charge in [0, 0.05) is 30.2 Å². The number of ether oxygens (including phenoxy) is 2. The molecule has 0 radical (unpaired) electrons. The Morgan fingerprint density at radius 1 is 1.21 bits per heavy atom. The van der Waals surface area contributed by atoms with Gasteiger partial charge in [-0.2, -0.15) is 5.10 Å². The highest BCUT2D eigenvalue weighted by molar-refractivity contribution is 5.66. The first-order valence-corrected chi connectivity index (χ1v) is 10.2. The predicted octanol–water partition coefficient (Wildman–Crippen LogP) is 4.37. The summed E-state index contributed by atoms with van der Waals surface area (Å²) in [6.45, 7) is 4.00. The minimum atomic E-state index is 0.289. The van der Waals surface area contributed by atoms with Gasteiger partial charge in [-0.15, -0.1) is 0 Å². The summed E-state index contributed by atoms with van der Waals surface area (Å²) < 4.78 is 16.3. The maximum absolute atomic E-state index is 5.52. The molecule has 0 spiro atoms. The second-order valence-corrected chi connectivity index (χ2v) is 7.44. The van der Waals surface area contributed by atoms with Crippen molar-refractivity contribution in [3.8, 4) is 22.8 Å². The minimum Gasteiger partial charge on any atom is -0.493 e. The quantitative estimate of drug-likeness (QED) is 0.609. The molecule has 0 aliphatic carbocycles. The summed E-state index contributed by atoms with van der Waals surface area (Å²) in [6, 6.07) is 8.33. The molecule has 0 bridgehead atoms. The van der Waals surface area contributed by atoms with Crippen LogP contribution >= 0.6 is 0 Å². The van der Waals surface area contributed by atoms with Crippen LogP contribution in [0, 0.1) is 0 Å². The highest BCUT2D eigenvalue weighted by atomic mass is 16.5. The van der Waals surface area contributed by atoms with Gasteiger partial charge in [0.05, 0.1) is 32.2 Å². The number of aromatic nitrogens is 3. The van der Waals surface area contributed by atoms with Crippen molar-refractivity contribution in [2.24, 2.45) is 0 Å². The third kappa shape index (κ3) is 4.00. The van der Waals surface area contributed by atoms with Crippen LogP contribution in [-0.4, -0.2) is 41.0 Å². The lowest BCUT2D eigenvalue weighted by atomic mass is 10.1. The molecule has 1 aromatic carbocycles. The van der Waals surface area contributed by atoms with Gasteiger partial charge < -0.3 is 14.0 Å². The van der Waals surface area contributed by atoms with Crippen molar-refractivity contribution < 1.29 is 14.0 Å². The second-order valence-electron chi connectivity index (χ2n) is 7.44. The topological polar surface area (TPSA) is 76.4 Å². The molecular weight excluding hydrogens is 368 g/mol. The number of nitrogens with one attached hydrogen (secondary N) is 1. The van der Waals surface area contributed by atoms with Crippen LogP contribution in [0.2, 0.25) is 0 Å². The van der Waals surface area contributed by atoms with Crippen molar-refractivity contribution in [2.75, 3.05) is 20.8 Å². The number of rotatable bonds is 8. The Morgan fingerprint density at radius 2 is 2.07 bits per heavy atom. The third-order valence-electron chi connectivity index (χ3n) is 5.54. The van der Waals surface area contributed by atoms with E-state index in [1.54, 1.807) is 14.2 Å². The fourth-order valence-corrected chi connectivity index (χ4v) is 4.09. The summed E-state index contributed by atoms with van der Waals surface area (Å²) in [4.78, 5) is 2.46. The van der Waals surface area contributed by atoms with Crippen molar-refractivity contribution in [3.05, 3.63) is 47.5 Å². The summed E-state index contributed by atoms with van der Waals surface area (Å²) in [5, 5.41) is 11.8. The van der Waals surface area contributed by atoms with E-state index in [9.17, 15) is 0 Å². The zero-order valence-electron chi connectivity index (χ0n) is 17.3. The molecule has 3 heterocycles. The normalized spacial score (nSPS) is 17.0. The van der Waals surface area contributed by atoms with Crippen molar-refractivity contribution >= 4 is 0 Å². The number of H-pyrrole nitrogens is 1. The van der Waals surface area contributed by atoms with Crippen LogP contribution in [0.3, 0.4) is 0 Å². The second kappa shape index (κ2) is 8.69. The Morgan fingerprint density at radius 3 is 2.86 bits per heavy atom. The summed E-state index contributed by atoms with van der Waals surface area (Å²) >= 11 is 0. The molecule has 4 rings (SSSR count). The highest BCUT2D eigenvalue weighted by Gasteiger charge is 2.29. The molecular formula is C22H28N4O3. The maximum Gasteiger partial charge on any atom is 0.161 e. The average molecular weight is 396 g/mol. The Labute approximate surface area is 171 Å². The molecule has 1 atom stereocenters. The summed E-state index contributed by atoms with van der Waals surface area (Å²) in [5.74, 6) is 2.39. The lowest BCUT2D eigenvalue weighted by molar-refractivity contribution is 0.236. The van der Waals surface area contributed by atoms with E-state index in [0.29, 0.717) is 11.5 Å². The first kappa shape index (κ1) is 19.5. The molecule has 0 unspecified atom stereocenters. The molecule has 1 aliphatic heterocycles. The van der Waals surface area contributed by atoms with Gasteiger partial charge >= 0.3 is 0 Å². The zero-order chi connectivity index (χ0) is 20.2. The average Bonchev–Trinajstić information content (AvgIpc) is 3.49. The van der Waals surface area contributed by atoms with Gasteiger partial charge in [-0.25, -0.2) is 0 Å². The van der Waals surface area contributed by atoms with Crippen molar-refractivity contribution in [1.82, 2.24) is 20.3 Å². The predicted molar refractivity (Wildman–Crippen MR) is 110 cm³/mol. The molecule has 154 valence electrons. The number of benzene rings is 1. The molecule has 0 saturated carbocycles. The number of aryl methyl sites for hydroxylation is 1. The van der Waals surface area contributed by atoms with Crippen molar-refractivity contribution in [3.63, 3.8) is 0 Å². The molecule has 1 saturated heterocycles. The van der Waals surface area contributed by atoms with Crippen LogP contribution in [-0.2, 0) is 13.0 Å². The van der Waals surface area contributed by atoms with Gasteiger partial charge in [0.2, 0.25) is 0 Å². The van der Waals surface area contributed by atoms with Gasteiger partial charge in [0.1, 0.15) is 11.5 Å². The number of aromatic amines is 1. The number of methoxy groups -OCH3 is 2. The Bertz CT molecular complexity index is 949. The standard InChI is InChI=1S/C22H28N4O3/c1-4-6-17-12-18(25-29-17)19-7-5-10-26(19)14-16-13-23-24-22(16)15-8-9-20(27-2)21(11-15)28-3/h8-9,11-13,19H,4-7,10,14H2,1-3H3,(H,23,24)/t19-/m1/s1. The van der Waals surface area contributed by atoms with E-state index in [1.165, 1.54) is 0 Å². The van der Waals surface area contributed by atoms with E-state index in [4.69, 9.17) is 14.0 Å². The summed E-state index contributed by atoms with van der Waals surface area (Å²) in [5.41, 5.74) is 4.23. The Hall–Kier alpha value is -2.80. The first-order valence-electron chi connectivity index (χ1n) is 10.2. The fraction of sp³-hybridized carbons (Fsp3) is 0.455. The summed E-state index contributed by atoms with van der Waals surface area (Å²) in [6.07, 6.45) is 6.16. The van der Waals surface area contributed by atoms with E-state index in [1.807, 2.05) is 24.4 Å². The first-order chi connectivity index (χ1) is 14.2. The largest absolute Gasteiger partial charge is 0.493 e. The van der Waals surface area contributed by atoms with Crippen LogP contribution in [0.1, 0.15) is 49.2 Å². The van der Waals surface area contributed by atoms with Crippen molar-refractivity contribution in [1.29, 1.82) is 0 Å². The Kier molecular flexibility index (Phi) is 5.85. The van der Waals surface area contributed by atoms with Gasteiger partial charge in [0.15, 0.2) is 11.5 Å². The van der Waals surface area contributed by atoms with Crippen molar-refractivity contribution in [2.45, 2.75) is 45.2 Å². The SMILES string of the molecule is CCCc1cc([C@H]2CCCN2Cc2cn[nH]c2-c2ccc(OC)c(OC)c2)no1. The smallest absolute Gasteiger partial charge is 0.161 e. The lowest BCUT2D eigenvalue weighted by Gasteiger charge is -2.22. The van der Waals surface area contributed by atoms with Crippen LogP contribution in [0.5, 0.6) is 11.5 Å². The van der Waals surface area contributed by atoms with Crippen LogP contribution < -0.4 is 9.47 Å². The number of hydrogen-bond donors (Lipinski definition) is 1. The van der Waals surface area contributed by atoms with Gasteiger partial charge in [-0.05, 0) is 44.0 Å². The van der Waals surface area contributed by atoms with Crippen LogP contribution in [0.15, 0.2) is 35.0 Å². The lowest BCUT2D eigenvalue weighted by Crippen LogP contribution is -2.23. The number of hydrogen-bond acceptors (Lipinski definition) is 6. The van der Waals surface area contributed by atoms with Gasteiger partial charge in [0.25, 0.3) is 0 Å². The molecule has 2 aromatic heterocycles. The molecule has 7 heteroatoms. The van der Waals surface area contributed by atoms with Crippen LogP contribution in [0.4, 0.5) is 0 Å². The Balaban J connectivity index is 1.55. The number of nitrogens with zero attached hydrogens (tertiary/aromatic N) is 3. The minimum absolute atomic E-state index is 0.289. The molecule has 1 aliphatic rings.